The minimum atomic E-state index is -0.683. The van der Waals surface area contributed by atoms with Crippen LogP contribution in [-0.4, -0.2) is 78.5 Å². The molecule has 2 aliphatic heterocycles. The van der Waals surface area contributed by atoms with E-state index >= 15 is 0 Å². The average molecular weight is 526 g/mol. The summed E-state index contributed by atoms with van der Waals surface area (Å²) in [6, 6.07) is 9.47. The SMILES string of the molecule is CCOC(=O)c1c(Nc2ccc(C#CCN3CCN(C)CC3)cc2C)oc(C=C2C=Nc3ncccc32)c1O. The molecule has 1 aromatic carbocycles. The monoisotopic (exact) mass is 525 g/mol. The molecule has 0 saturated carbocycles. The number of carbonyl (C=O) groups is 1. The molecule has 0 unspecified atom stereocenters. The number of aliphatic imine (C=N–C) groups is 1. The number of anilines is 2. The van der Waals surface area contributed by atoms with Crippen LogP contribution < -0.4 is 5.32 Å². The van der Waals surface area contributed by atoms with E-state index in [1.54, 1.807) is 25.4 Å². The van der Waals surface area contributed by atoms with Gasteiger partial charge in [0.15, 0.2) is 22.9 Å². The highest BCUT2D eigenvalue weighted by Gasteiger charge is 2.27. The molecule has 0 aliphatic carbocycles. The van der Waals surface area contributed by atoms with Crippen LogP contribution in [0.3, 0.4) is 0 Å². The lowest BCUT2D eigenvalue weighted by Gasteiger charge is -2.30. The first-order chi connectivity index (χ1) is 18.9. The maximum atomic E-state index is 12.8. The van der Waals surface area contributed by atoms with Gasteiger partial charge in [-0.2, -0.15) is 0 Å². The molecule has 4 heterocycles. The molecular weight excluding hydrogens is 494 g/mol. The van der Waals surface area contributed by atoms with Crippen molar-refractivity contribution in [3.63, 3.8) is 0 Å². The lowest BCUT2D eigenvalue weighted by Crippen LogP contribution is -2.44. The van der Waals surface area contributed by atoms with Gasteiger partial charge in [0.1, 0.15) is 0 Å². The van der Waals surface area contributed by atoms with Crippen molar-refractivity contribution in [2.75, 3.05) is 51.7 Å². The molecule has 5 rings (SSSR count). The summed E-state index contributed by atoms with van der Waals surface area (Å²) in [7, 11) is 2.14. The van der Waals surface area contributed by atoms with E-state index in [-0.39, 0.29) is 29.6 Å². The van der Waals surface area contributed by atoms with Crippen molar-refractivity contribution in [3.8, 4) is 17.6 Å². The topological polar surface area (TPSA) is 103 Å². The predicted octanol–water partition coefficient (Wildman–Crippen LogP) is 4.46. The Morgan fingerprint density at radius 3 is 2.85 bits per heavy atom. The number of esters is 1. The number of likely N-dealkylation sites (N-methyl/N-ethyl adjacent to an activating group) is 1. The third-order valence-corrected chi connectivity index (χ3v) is 6.70. The van der Waals surface area contributed by atoms with Gasteiger partial charge in [-0.15, -0.1) is 0 Å². The van der Waals surface area contributed by atoms with Crippen molar-refractivity contribution in [3.05, 3.63) is 64.5 Å². The number of fused-ring (bicyclic) bond motifs is 1. The zero-order valence-corrected chi connectivity index (χ0v) is 22.3. The molecule has 0 amide bonds. The van der Waals surface area contributed by atoms with Crippen LogP contribution in [0, 0.1) is 18.8 Å². The van der Waals surface area contributed by atoms with Gasteiger partial charge in [0.2, 0.25) is 5.88 Å². The largest absolute Gasteiger partial charge is 0.504 e. The van der Waals surface area contributed by atoms with Crippen molar-refractivity contribution in [1.82, 2.24) is 14.8 Å². The number of aryl methyl sites for hydroxylation is 1. The van der Waals surface area contributed by atoms with E-state index < -0.39 is 5.97 Å². The summed E-state index contributed by atoms with van der Waals surface area (Å²) in [4.78, 5) is 26.0. The second kappa shape index (κ2) is 11.6. The molecule has 0 atom stereocenters. The Kier molecular flexibility index (Phi) is 7.77. The van der Waals surface area contributed by atoms with E-state index in [0.29, 0.717) is 11.4 Å². The Bertz CT molecular complexity index is 1500. The lowest BCUT2D eigenvalue weighted by molar-refractivity contribution is 0.0524. The first kappa shape index (κ1) is 26.2. The van der Waals surface area contributed by atoms with Gasteiger partial charge in [-0.05, 0) is 62.9 Å². The summed E-state index contributed by atoms with van der Waals surface area (Å²) in [5.74, 6) is 6.32. The number of allylic oxidation sites excluding steroid dienone is 1. The second-order valence-corrected chi connectivity index (χ2v) is 9.51. The van der Waals surface area contributed by atoms with E-state index in [4.69, 9.17) is 9.15 Å². The maximum absolute atomic E-state index is 12.8. The van der Waals surface area contributed by atoms with Gasteiger partial charge in [-0.25, -0.2) is 14.8 Å². The fourth-order valence-electron chi connectivity index (χ4n) is 4.46. The van der Waals surface area contributed by atoms with E-state index in [1.807, 2.05) is 37.3 Å². The number of benzene rings is 1. The number of nitrogens with one attached hydrogen (secondary N) is 1. The summed E-state index contributed by atoms with van der Waals surface area (Å²) >= 11 is 0. The van der Waals surface area contributed by atoms with Crippen LogP contribution >= 0.6 is 0 Å². The Labute approximate surface area is 227 Å². The van der Waals surface area contributed by atoms with E-state index in [9.17, 15) is 9.90 Å². The highest BCUT2D eigenvalue weighted by atomic mass is 16.5. The van der Waals surface area contributed by atoms with Gasteiger partial charge < -0.3 is 24.5 Å². The summed E-state index contributed by atoms with van der Waals surface area (Å²) in [6.45, 7) is 8.74. The summed E-state index contributed by atoms with van der Waals surface area (Å²) in [5, 5.41) is 14.1. The van der Waals surface area contributed by atoms with Crippen LogP contribution in [0.2, 0.25) is 0 Å². The minimum absolute atomic E-state index is 0.0690. The van der Waals surface area contributed by atoms with Crippen molar-refractivity contribution in [2.24, 2.45) is 4.99 Å². The molecule has 9 heteroatoms. The van der Waals surface area contributed by atoms with Crippen molar-refractivity contribution >= 4 is 41.2 Å². The molecular formula is C30H31N5O4. The average Bonchev–Trinajstić information content (AvgIpc) is 3.47. The summed E-state index contributed by atoms with van der Waals surface area (Å²) in [5.41, 5.74) is 3.98. The van der Waals surface area contributed by atoms with Crippen LogP contribution in [0.1, 0.15) is 39.7 Å². The molecule has 0 spiro atoms. The van der Waals surface area contributed by atoms with Gasteiger partial charge >= 0.3 is 5.97 Å². The molecule has 2 N–H and O–H groups in total. The van der Waals surface area contributed by atoms with Crippen LogP contribution in [-0.2, 0) is 4.74 Å². The van der Waals surface area contributed by atoms with Gasteiger partial charge in [0.25, 0.3) is 0 Å². The number of nitrogens with zero attached hydrogens (tertiary/aromatic N) is 4. The highest BCUT2D eigenvalue weighted by Crippen LogP contribution is 2.39. The van der Waals surface area contributed by atoms with E-state index in [1.165, 1.54) is 0 Å². The van der Waals surface area contributed by atoms with E-state index in [2.05, 4.69) is 44.0 Å². The fourth-order valence-corrected chi connectivity index (χ4v) is 4.46. The Hall–Kier alpha value is -4.39. The molecule has 1 saturated heterocycles. The third kappa shape index (κ3) is 5.87. The van der Waals surface area contributed by atoms with Gasteiger partial charge in [0.05, 0.1) is 13.2 Å². The van der Waals surface area contributed by atoms with Crippen molar-refractivity contribution < 1.29 is 19.1 Å². The van der Waals surface area contributed by atoms with Gasteiger partial charge in [0, 0.05) is 61.0 Å². The lowest BCUT2D eigenvalue weighted by atomic mass is 10.1. The predicted molar refractivity (Wildman–Crippen MR) is 152 cm³/mol. The number of hydrogen-bond acceptors (Lipinski definition) is 9. The van der Waals surface area contributed by atoms with Gasteiger partial charge in [-0.3, -0.25) is 4.90 Å². The first-order valence-corrected chi connectivity index (χ1v) is 12.9. The minimum Gasteiger partial charge on any atom is -0.504 e. The maximum Gasteiger partial charge on any atom is 0.347 e. The van der Waals surface area contributed by atoms with Crippen LogP contribution in [0.5, 0.6) is 5.75 Å². The van der Waals surface area contributed by atoms with E-state index in [0.717, 1.165) is 55.1 Å². The van der Waals surface area contributed by atoms with Crippen molar-refractivity contribution in [2.45, 2.75) is 13.8 Å². The molecule has 200 valence electrons. The van der Waals surface area contributed by atoms with Crippen molar-refractivity contribution in [1.29, 1.82) is 0 Å². The number of rotatable bonds is 6. The highest BCUT2D eigenvalue weighted by molar-refractivity contribution is 6.21. The molecule has 2 aromatic heterocycles. The number of carbonyl (C=O) groups excluding carboxylic acids is 1. The zero-order chi connectivity index (χ0) is 27.4. The number of furan rings is 1. The number of pyridine rings is 1. The van der Waals surface area contributed by atoms with Crippen LogP contribution in [0.25, 0.3) is 11.6 Å². The molecule has 0 bridgehead atoms. The first-order valence-electron chi connectivity index (χ1n) is 12.9. The van der Waals surface area contributed by atoms with Crippen LogP contribution in [0.15, 0.2) is 45.9 Å². The van der Waals surface area contributed by atoms with Crippen LogP contribution in [0.4, 0.5) is 17.4 Å². The summed E-state index contributed by atoms with van der Waals surface area (Å²) in [6.07, 6.45) is 4.94. The normalized spacial score (nSPS) is 16.1. The molecule has 0 radical (unpaired) electrons. The Morgan fingerprint density at radius 2 is 2.08 bits per heavy atom. The molecule has 9 nitrogen and oxygen atoms in total. The number of ether oxygens (including phenoxy) is 1. The number of aromatic nitrogens is 1. The van der Waals surface area contributed by atoms with Gasteiger partial charge in [-0.1, -0.05) is 11.8 Å². The number of hydrogen-bond donors (Lipinski definition) is 2. The quantitative estimate of drug-likeness (QED) is 0.359. The number of piperazine rings is 1. The smallest absolute Gasteiger partial charge is 0.347 e. The Morgan fingerprint density at radius 1 is 1.26 bits per heavy atom. The number of aromatic hydroxyl groups is 1. The second-order valence-electron chi connectivity index (χ2n) is 9.51. The summed E-state index contributed by atoms with van der Waals surface area (Å²) < 4.78 is 11.2. The molecule has 3 aromatic rings. The third-order valence-electron chi connectivity index (χ3n) is 6.70. The molecule has 2 aliphatic rings. The zero-order valence-electron chi connectivity index (χ0n) is 22.3. The Balaban J connectivity index is 1.38. The fraction of sp³-hybridized carbons (Fsp3) is 0.300. The standard InChI is InChI=1S/C30H31N5O4/c1-4-38-30(37)26-27(36)25(18-22-19-32-28-23(22)8-5-11-31-28)39-29(26)33-24-10-9-21(17-20(24)2)7-6-12-35-15-13-34(3)14-16-35/h5,8-11,17-19,33,36H,4,12-16H2,1-3H3. The molecule has 1 fully saturated rings. The molecule has 39 heavy (non-hydrogen) atoms.